The molecule has 1 aromatic carbocycles. The molecule has 1 aromatic rings. The third-order valence-electron chi connectivity index (χ3n) is 2.65. The van der Waals surface area contributed by atoms with Crippen molar-refractivity contribution in [3.8, 4) is 18.1 Å². The highest BCUT2D eigenvalue weighted by molar-refractivity contribution is 5.96. The first-order valence-electron chi connectivity index (χ1n) is 5.62. The number of rotatable bonds is 4. The number of carbonyl (C=O) groups is 1. The number of nitrogens with one attached hydrogen (secondary N) is 1. The summed E-state index contributed by atoms with van der Waals surface area (Å²) in [5, 5.41) is 12.2. The maximum atomic E-state index is 12.0. The normalized spacial score (nSPS) is 11.6. The minimum atomic E-state index is -0.149. The van der Waals surface area contributed by atoms with Crippen LogP contribution in [0.3, 0.4) is 0 Å². The first-order valence-corrected chi connectivity index (χ1v) is 5.62. The number of hydrogen-bond acceptors (Lipinski definition) is 2. The van der Waals surface area contributed by atoms with E-state index < -0.39 is 0 Å². The Balaban J connectivity index is 2.79. The largest absolute Gasteiger partial charge is 0.508 e. The highest BCUT2D eigenvalue weighted by Crippen LogP contribution is 2.15. The molecule has 90 valence electrons. The van der Waals surface area contributed by atoms with E-state index in [1.807, 2.05) is 6.92 Å². The second kappa shape index (κ2) is 5.95. The lowest BCUT2D eigenvalue weighted by atomic mass is 10.1. The second-order valence-corrected chi connectivity index (χ2v) is 3.99. The molecular formula is C14H17NO2. The number of phenols is 1. The topological polar surface area (TPSA) is 49.3 Å². The molecule has 0 saturated carbocycles. The molecule has 0 aromatic heterocycles. The average molecular weight is 231 g/mol. The lowest BCUT2D eigenvalue weighted by Gasteiger charge is -2.15. The Morgan fingerprint density at radius 3 is 2.82 bits per heavy atom. The van der Waals surface area contributed by atoms with Crippen LogP contribution in [-0.2, 0) is 0 Å². The van der Waals surface area contributed by atoms with Crippen LogP contribution in [0.1, 0.15) is 35.7 Å². The number of terminal acetylenes is 1. The molecule has 0 bridgehead atoms. The minimum absolute atomic E-state index is 0.000651. The van der Waals surface area contributed by atoms with Gasteiger partial charge in [0.2, 0.25) is 0 Å². The van der Waals surface area contributed by atoms with Crippen LogP contribution in [0.5, 0.6) is 5.75 Å². The van der Waals surface area contributed by atoms with Crippen molar-refractivity contribution in [2.75, 3.05) is 0 Å². The van der Waals surface area contributed by atoms with E-state index in [9.17, 15) is 9.90 Å². The van der Waals surface area contributed by atoms with Crippen molar-refractivity contribution in [1.29, 1.82) is 0 Å². The Morgan fingerprint density at radius 1 is 1.59 bits per heavy atom. The highest BCUT2D eigenvalue weighted by Gasteiger charge is 2.13. The smallest absolute Gasteiger partial charge is 0.251 e. The molecule has 0 radical (unpaired) electrons. The number of benzene rings is 1. The Morgan fingerprint density at radius 2 is 2.29 bits per heavy atom. The molecule has 17 heavy (non-hydrogen) atoms. The van der Waals surface area contributed by atoms with E-state index in [0.29, 0.717) is 12.0 Å². The number of aryl methyl sites for hydroxylation is 1. The molecule has 0 saturated heterocycles. The number of amides is 1. The summed E-state index contributed by atoms with van der Waals surface area (Å²) >= 11 is 0. The van der Waals surface area contributed by atoms with E-state index >= 15 is 0 Å². The maximum absolute atomic E-state index is 12.0. The van der Waals surface area contributed by atoms with Gasteiger partial charge in [-0.2, -0.15) is 0 Å². The van der Waals surface area contributed by atoms with Gasteiger partial charge in [-0.25, -0.2) is 0 Å². The zero-order chi connectivity index (χ0) is 12.8. The van der Waals surface area contributed by atoms with Crippen LogP contribution in [0.4, 0.5) is 0 Å². The van der Waals surface area contributed by atoms with E-state index in [1.165, 1.54) is 6.07 Å². The molecule has 1 unspecified atom stereocenters. The molecule has 0 aliphatic carbocycles. The van der Waals surface area contributed by atoms with Gasteiger partial charge < -0.3 is 10.4 Å². The molecule has 1 rings (SSSR count). The van der Waals surface area contributed by atoms with E-state index in [1.54, 1.807) is 19.1 Å². The molecule has 0 spiro atoms. The summed E-state index contributed by atoms with van der Waals surface area (Å²) in [4.78, 5) is 12.0. The van der Waals surface area contributed by atoms with Crippen molar-refractivity contribution < 1.29 is 9.90 Å². The lowest BCUT2D eigenvalue weighted by Crippen LogP contribution is -2.34. The van der Waals surface area contributed by atoms with Gasteiger partial charge in [-0.15, -0.1) is 12.3 Å². The van der Waals surface area contributed by atoms with Crippen molar-refractivity contribution in [3.63, 3.8) is 0 Å². The van der Waals surface area contributed by atoms with Gasteiger partial charge in [0.1, 0.15) is 5.75 Å². The summed E-state index contributed by atoms with van der Waals surface area (Å²) in [5.74, 6) is 2.56. The summed E-state index contributed by atoms with van der Waals surface area (Å²) in [6, 6.07) is 4.68. The molecule has 1 atom stereocenters. The van der Waals surface area contributed by atoms with Gasteiger partial charge in [-0.3, -0.25) is 4.79 Å². The van der Waals surface area contributed by atoms with Crippen molar-refractivity contribution in [1.82, 2.24) is 5.32 Å². The molecule has 2 N–H and O–H groups in total. The zero-order valence-corrected chi connectivity index (χ0v) is 10.2. The molecule has 3 nitrogen and oxygen atoms in total. The summed E-state index contributed by atoms with van der Waals surface area (Å²) < 4.78 is 0. The minimum Gasteiger partial charge on any atom is -0.508 e. The highest BCUT2D eigenvalue weighted by atomic mass is 16.3. The maximum Gasteiger partial charge on any atom is 0.251 e. The van der Waals surface area contributed by atoms with Crippen LogP contribution < -0.4 is 5.32 Å². The predicted molar refractivity (Wildman–Crippen MR) is 67.8 cm³/mol. The Labute approximate surface area is 102 Å². The van der Waals surface area contributed by atoms with Gasteiger partial charge in [0.15, 0.2) is 0 Å². The third kappa shape index (κ3) is 3.53. The van der Waals surface area contributed by atoms with E-state index in [4.69, 9.17) is 6.42 Å². The molecule has 1 amide bonds. The van der Waals surface area contributed by atoms with E-state index in [-0.39, 0.29) is 17.7 Å². The molecule has 0 aliphatic heterocycles. The monoisotopic (exact) mass is 231 g/mol. The van der Waals surface area contributed by atoms with Crippen LogP contribution in [0.15, 0.2) is 18.2 Å². The van der Waals surface area contributed by atoms with Crippen LogP contribution in [0.2, 0.25) is 0 Å². The lowest BCUT2D eigenvalue weighted by molar-refractivity contribution is 0.0936. The van der Waals surface area contributed by atoms with Crippen LogP contribution >= 0.6 is 0 Å². The second-order valence-electron chi connectivity index (χ2n) is 3.99. The van der Waals surface area contributed by atoms with E-state index in [2.05, 4.69) is 11.2 Å². The SMILES string of the molecule is C#CCC(CC)NC(=O)c1ccc(O)cc1C. The third-order valence-corrected chi connectivity index (χ3v) is 2.65. The molecule has 0 heterocycles. The number of hydrogen-bond donors (Lipinski definition) is 2. The zero-order valence-electron chi connectivity index (χ0n) is 10.2. The first kappa shape index (κ1) is 13.1. The van der Waals surface area contributed by atoms with Crippen molar-refractivity contribution in [2.45, 2.75) is 32.7 Å². The molecular weight excluding hydrogens is 214 g/mol. The van der Waals surface area contributed by atoms with Crippen molar-refractivity contribution in [2.24, 2.45) is 0 Å². The summed E-state index contributed by atoms with van der Waals surface area (Å²) in [6.45, 7) is 3.77. The van der Waals surface area contributed by atoms with Crippen LogP contribution in [-0.4, -0.2) is 17.1 Å². The fourth-order valence-electron chi connectivity index (χ4n) is 1.61. The standard InChI is InChI=1S/C14H17NO2/c1-4-6-11(5-2)15-14(17)13-8-7-12(16)9-10(13)3/h1,7-9,11,16H,5-6H2,2-3H3,(H,15,17). The summed E-state index contributed by atoms with van der Waals surface area (Å²) in [5.41, 5.74) is 1.32. The molecule has 3 heteroatoms. The molecule has 0 aliphatic rings. The van der Waals surface area contributed by atoms with Crippen molar-refractivity contribution in [3.05, 3.63) is 29.3 Å². The number of aromatic hydroxyl groups is 1. The van der Waals surface area contributed by atoms with Gasteiger partial charge in [-0.05, 0) is 37.1 Å². The quantitative estimate of drug-likeness (QED) is 0.781. The van der Waals surface area contributed by atoms with Crippen LogP contribution in [0.25, 0.3) is 0 Å². The Kier molecular flexibility index (Phi) is 4.59. The summed E-state index contributed by atoms with van der Waals surface area (Å²) in [6.07, 6.45) is 6.56. The van der Waals surface area contributed by atoms with Crippen LogP contribution in [0, 0.1) is 19.3 Å². The van der Waals surface area contributed by atoms with Gasteiger partial charge in [0.05, 0.1) is 0 Å². The number of carbonyl (C=O) groups excluding carboxylic acids is 1. The molecule has 0 fully saturated rings. The fourth-order valence-corrected chi connectivity index (χ4v) is 1.61. The Hall–Kier alpha value is -1.95. The average Bonchev–Trinajstić information content (AvgIpc) is 2.28. The predicted octanol–water partition coefficient (Wildman–Crippen LogP) is 2.23. The van der Waals surface area contributed by atoms with Gasteiger partial charge in [0.25, 0.3) is 5.91 Å². The van der Waals surface area contributed by atoms with Crippen molar-refractivity contribution >= 4 is 5.91 Å². The van der Waals surface area contributed by atoms with Gasteiger partial charge >= 0.3 is 0 Å². The van der Waals surface area contributed by atoms with E-state index in [0.717, 1.165) is 12.0 Å². The van der Waals surface area contributed by atoms with Gasteiger partial charge in [0, 0.05) is 18.0 Å². The number of phenolic OH excluding ortho intramolecular Hbond substituents is 1. The Bertz CT molecular complexity index is 446. The fraction of sp³-hybridized carbons (Fsp3) is 0.357. The first-order chi connectivity index (χ1) is 8.08. The summed E-state index contributed by atoms with van der Waals surface area (Å²) in [7, 11) is 0. The van der Waals surface area contributed by atoms with Gasteiger partial charge in [-0.1, -0.05) is 6.92 Å².